The molecular weight excluding hydrogens is 271 g/mol. The lowest BCUT2D eigenvalue weighted by Crippen LogP contribution is -2.19. The highest BCUT2D eigenvalue weighted by Gasteiger charge is 2.12. The molecule has 0 amide bonds. The topological polar surface area (TPSA) is 72.2 Å². The number of nitrogens with two attached hydrogens (primary N) is 1. The number of sulfonamides is 1. The summed E-state index contributed by atoms with van der Waals surface area (Å²) in [7, 11) is -3.41. The maximum absolute atomic E-state index is 11.6. The third-order valence-corrected chi connectivity index (χ3v) is 3.73. The molecule has 0 unspecified atom stereocenters. The van der Waals surface area contributed by atoms with E-state index in [1.54, 1.807) is 6.07 Å². The summed E-state index contributed by atoms with van der Waals surface area (Å²) in [5.41, 5.74) is 5.53. The molecule has 3 N–H and O–H groups in total. The van der Waals surface area contributed by atoms with Gasteiger partial charge in [-0.25, -0.2) is 8.42 Å². The Morgan fingerprint density at radius 2 is 2.00 bits per heavy atom. The summed E-state index contributed by atoms with van der Waals surface area (Å²) in [6.07, 6.45) is 0.396. The third-order valence-electron chi connectivity index (χ3n) is 1.81. The average Bonchev–Trinajstić information content (AvgIpc) is 2.20. The minimum Gasteiger partial charge on any atom is -0.330 e. The number of benzene rings is 1. The molecule has 7 heteroatoms. The summed E-state index contributed by atoms with van der Waals surface area (Å²) in [5, 5.41) is 0.724. The molecule has 0 bridgehead atoms. The van der Waals surface area contributed by atoms with Crippen LogP contribution in [0.4, 0.5) is 5.69 Å². The van der Waals surface area contributed by atoms with E-state index in [9.17, 15) is 8.42 Å². The molecule has 1 aromatic carbocycles. The first-order valence-corrected chi connectivity index (χ1v) is 7.01. The van der Waals surface area contributed by atoms with E-state index in [0.29, 0.717) is 23.0 Å². The molecule has 0 aliphatic carbocycles. The second kappa shape index (κ2) is 5.72. The van der Waals surface area contributed by atoms with Crippen molar-refractivity contribution >= 4 is 38.9 Å². The van der Waals surface area contributed by atoms with Gasteiger partial charge in [-0.05, 0) is 31.2 Å². The fourth-order valence-corrected chi connectivity index (χ4v) is 2.61. The van der Waals surface area contributed by atoms with Gasteiger partial charge >= 0.3 is 0 Å². The van der Waals surface area contributed by atoms with Crippen molar-refractivity contribution in [2.75, 3.05) is 17.0 Å². The summed E-state index contributed by atoms with van der Waals surface area (Å²) in [6.45, 7) is 0.324. The van der Waals surface area contributed by atoms with Gasteiger partial charge in [0.15, 0.2) is 0 Å². The van der Waals surface area contributed by atoms with Crippen LogP contribution in [0.2, 0.25) is 10.0 Å². The first-order valence-electron chi connectivity index (χ1n) is 4.60. The Morgan fingerprint density at radius 1 is 1.31 bits per heavy atom. The third kappa shape index (κ3) is 4.17. The molecule has 0 saturated heterocycles. The van der Waals surface area contributed by atoms with Crippen LogP contribution in [0.15, 0.2) is 18.2 Å². The van der Waals surface area contributed by atoms with Crippen molar-refractivity contribution in [1.29, 1.82) is 0 Å². The molecule has 16 heavy (non-hydrogen) atoms. The standard InChI is InChI=1S/C9H12Cl2N2O2S/c10-7-2-3-8(11)9(6-7)13-16(14,15)5-1-4-12/h2-3,6,13H,1,4-5,12H2. The van der Waals surface area contributed by atoms with Crippen LogP contribution in [-0.2, 0) is 10.0 Å². The van der Waals surface area contributed by atoms with E-state index in [2.05, 4.69) is 4.72 Å². The number of rotatable bonds is 5. The van der Waals surface area contributed by atoms with Gasteiger partial charge in [0.2, 0.25) is 10.0 Å². The van der Waals surface area contributed by atoms with E-state index < -0.39 is 10.0 Å². The number of hydrogen-bond acceptors (Lipinski definition) is 3. The predicted molar refractivity (Wildman–Crippen MR) is 67.5 cm³/mol. The molecule has 0 radical (unpaired) electrons. The molecule has 0 heterocycles. The lowest BCUT2D eigenvalue weighted by Gasteiger charge is -2.09. The molecule has 1 rings (SSSR count). The van der Waals surface area contributed by atoms with Gasteiger partial charge in [-0.1, -0.05) is 23.2 Å². The second-order valence-electron chi connectivity index (χ2n) is 3.19. The molecule has 0 spiro atoms. The molecule has 90 valence electrons. The zero-order chi connectivity index (χ0) is 12.2. The maximum Gasteiger partial charge on any atom is 0.232 e. The molecule has 4 nitrogen and oxygen atoms in total. The normalized spacial score (nSPS) is 11.4. The Balaban J connectivity index is 2.83. The minimum absolute atomic E-state index is 0.0354. The maximum atomic E-state index is 11.6. The Kier molecular flexibility index (Phi) is 4.86. The van der Waals surface area contributed by atoms with Crippen LogP contribution in [0, 0.1) is 0 Å². The van der Waals surface area contributed by atoms with E-state index in [4.69, 9.17) is 28.9 Å². The molecular formula is C9H12Cl2N2O2S. The number of nitrogens with one attached hydrogen (secondary N) is 1. The smallest absolute Gasteiger partial charge is 0.232 e. The fourth-order valence-electron chi connectivity index (χ4n) is 1.07. The lowest BCUT2D eigenvalue weighted by atomic mass is 10.3. The van der Waals surface area contributed by atoms with Crippen LogP contribution >= 0.6 is 23.2 Å². The van der Waals surface area contributed by atoms with Gasteiger partial charge in [-0.3, -0.25) is 4.72 Å². The van der Waals surface area contributed by atoms with Gasteiger partial charge in [0, 0.05) is 5.02 Å². The number of halogens is 2. The van der Waals surface area contributed by atoms with E-state index >= 15 is 0 Å². The van der Waals surface area contributed by atoms with Gasteiger partial charge in [0.05, 0.1) is 16.5 Å². The first kappa shape index (κ1) is 13.6. The molecule has 1 aromatic rings. The van der Waals surface area contributed by atoms with Gasteiger partial charge in [-0.2, -0.15) is 0 Å². The highest BCUT2D eigenvalue weighted by molar-refractivity contribution is 7.92. The predicted octanol–water partition coefficient (Wildman–Crippen LogP) is 2.08. The average molecular weight is 283 g/mol. The largest absolute Gasteiger partial charge is 0.330 e. The summed E-state index contributed by atoms with van der Waals surface area (Å²) in [6, 6.07) is 4.58. The highest BCUT2D eigenvalue weighted by Crippen LogP contribution is 2.26. The zero-order valence-electron chi connectivity index (χ0n) is 8.41. The van der Waals surface area contributed by atoms with Crippen molar-refractivity contribution in [3.63, 3.8) is 0 Å². The van der Waals surface area contributed by atoms with Crippen molar-refractivity contribution in [3.8, 4) is 0 Å². The molecule has 0 aliphatic heterocycles. The van der Waals surface area contributed by atoms with Crippen molar-refractivity contribution < 1.29 is 8.42 Å². The monoisotopic (exact) mass is 282 g/mol. The number of hydrogen-bond donors (Lipinski definition) is 2. The summed E-state index contributed by atoms with van der Waals surface area (Å²) < 4.78 is 25.5. The van der Waals surface area contributed by atoms with Gasteiger partial charge in [0.1, 0.15) is 0 Å². The van der Waals surface area contributed by atoms with E-state index in [1.165, 1.54) is 12.1 Å². The first-order chi connectivity index (χ1) is 7.44. The Bertz CT molecular complexity index is 463. The van der Waals surface area contributed by atoms with Crippen LogP contribution in [0.1, 0.15) is 6.42 Å². The van der Waals surface area contributed by atoms with Gasteiger partial charge in [0.25, 0.3) is 0 Å². The quantitative estimate of drug-likeness (QED) is 0.869. The van der Waals surface area contributed by atoms with Crippen LogP contribution in [0.3, 0.4) is 0 Å². The van der Waals surface area contributed by atoms with Crippen LogP contribution < -0.4 is 10.5 Å². The van der Waals surface area contributed by atoms with E-state index in [-0.39, 0.29) is 11.4 Å². The molecule has 0 aromatic heterocycles. The highest BCUT2D eigenvalue weighted by atomic mass is 35.5. The Labute approximate surface area is 105 Å². The summed E-state index contributed by atoms with van der Waals surface area (Å²) in [4.78, 5) is 0. The summed E-state index contributed by atoms with van der Waals surface area (Å²) in [5.74, 6) is -0.0354. The van der Waals surface area contributed by atoms with Crippen molar-refractivity contribution in [1.82, 2.24) is 0 Å². The zero-order valence-corrected chi connectivity index (χ0v) is 10.7. The molecule has 0 atom stereocenters. The van der Waals surface area contributed by atoms with Crippen LogP contribution in [-0.4, -0.2) is 20.7 Å². The fraction of sp³-hybridized carbons (Fsp3) is 0.333. The van der Waals surface area contributed by atoms with Gasteiger partial charge < -0.3 is 5.73 Å². The number of anilines is 1. The van der Waals surface area contributed by atoms with Crippen LogP contribution in [0.25, 0.3) is 0 Å². The van der Waals surface area contributed by atoms with E-state index in [1.807, 2.05) is 0 Å². The molecule has 0 saturated carbocycles. The second-order valence-corrected chi connectivity index (χ2v) is 5.87. The Morgan fingerprint density at radius 3 is 2.62 bits per heavy atom. The van der Waals surface area contributed by atoms with Crippen molar-refractivity contribution in [2.45, 2.75) is 6.42 Å². The SMILES string of the molecule is NCCCS(=O)(=O)Nc1cc(Cl)ccc1Cl. The van der Waals surface area contributed by atoms with Crippen molar-refractivity contribution in [3.05, 3.63) is 28.2 Å². The molecule has 0 aliphatic rings. The van der Waals surface area contributed by atoms with Crippen molar-refractivity contribution in [2.24, 2.45) is 5.73 Å². The summed E-state index contributed by atoms with van der Waals surface area (Å²) >= 11 is 11.6. The van der Waals surface area contributed by atoms with E-state index in [0.717, 1.165) is 0 Å². The lowest BCUT2D eigenvalue weighted by molar-refractivity contribution is 0.599. The van der Waals surface area contributed by atoms with Crippen LogP contribution in [0.5, 0.6) is 0 Å². The minimum atomic E-state index is -3.41. The molecule has 0 fully saturated rings. The Hall–Kier alpha value is -0.490. The van der Waals surface area contributed by atoms with Gasteiger partial charge in [-0.15, -0.1) is 0 Å².